The number of benzene rings is 1. The van der Waals surface area contributed by atoms with Crippen LogP contribution in [0.25, 0.3) is 0 Å². The van der Waals surface area contributed by atoms with Gasteiger partial charge < -0.3 is 5.32 Å². The molecule has 2 aromatic rings. The van der Waals surface area contributed by atoms with E-state index in [2.05, 4.69) is 56.3 Å². The van der Waals surface area contributed by atoms with Crippen molar-refractivity contribution in [1.82, 2.24) is 15.1 Å². The highest BCUT2D eigenvalue weighted by atomic mass is 15.3. The van der Waals surface area contributed by atoms with Gasteiger partial charge in [-0.2, -0.15) is 5.10 Å². The smallest absolute Gasteiger partial charge is 0.0628 e. The monoisotopic (exact) mass is 285 g/mol. The molecule has 21 heavy (non-hydrogen) atoms. The minimum absolute atomic E-state index is 0.391. The van der Waals surface area contributed by atoms with Crippen molar-refractivity contribution in [3.05, 3.63) is 51.8 Å². The van der Waals surface area contributed by atoms with Gasteiger partial charge in [-0.1, -0.05) is 29.3 Å². The summed E-state index contributed by atoms with van der Waals surface area (Å²) < 4.78 is 1.98. The zero-order valence-electron chi connectivity index (χ0n) is 14.1. The summed E-state index contributed by atoms with van der Waals surface area (Å²) >= 11 is 0. The van der Waals surface area contributed by atoms with Crippen LogP contribution in [0.2, 0.25) is 0 Å². The third-order valence-electron chi connectivity index (χ3n) is 4.34. The first-order valence-corrected chi connectivity index (χ1v) is 7.67. The fourth-order valence-electron chi connectivity index (χ4n) is 3.16. The van der Waals surface area contributed by atoms with Gasteiger partial charge in [0.25, 0.3) is 0 Å². The molecule has 0 saturated heterocycles. The molecule has 0 aliphatic rings. The molecule has 3 heteroatoms. The largest absolute Gasteiger partial charge is 0.313 e. The molecule has 1 unspecified atom stereocenters. The molecule has 0 bridgehead atoms. The number of aromatic nitrogens is 2. The van der Waals surface area contributed by atoms with Crippen LogP contribution in [0.5, 0.6) is 0 Å². The first-order chi connectivity index (χ1) is 9.92. The number of rotatable bonds is 5. The molecule has 0 radical (unpaired) electrons. The molecule has 1 heterocycles. The third kappa shape index (κ3) is 3.53. The molecule has 1 atom stereocenters. The maximum Gasteiger partial charge on any atom is 0.0628 e. The van der Waals surface area contributed by atoms with E-state index in [-0.39, 0.29) is 0 Å². The first kappa shape index (κ1) is 15.8. The lowest BCUT2D eigenvalue weighted by atomic mass is 9.95. The third-order valence-corrected chi connectivity index (χ3v) is 4.34. The van der Waals surface area contributed by atoms with Crippen LogP contribution in [-0.2, 0) is 13.5 Å². The molecule has 0 aliphatic heterocycles. The first-order valence-electron chi connectivity index (χ1n) is 7.67. The van der Waals surface area contributed by atoms with Crippen molar-refractivity contribution >= 4 is 0 Å². The Hall–Kier alpha value is -1.61. The van der Waals surface area contributed by atoms with Crippen LogP contribution < -0.4 is 5.32 Å². The molecule has 114 valence electrons. The van der Waals surface area contributed by atoms with Crippen molar-refractivity contribution in [3.8, 4) is 0 Å². The van der Waals surface area contributed by atoms with Gasteiger partial charge in [0.1, 0.15) is 0 Å². The summed E-state index contributed by atoms with van der Waals surface area (Å²) in [6.45, 7) is 8.59. The second kappa shape index (κ2) is 6.44. The molecule has 0 fully saturated rings. The molecule has 1 aromatic heterocycles. The number of aryl methyl sites for hydroxylation is 4. The molecular formula is C18H27N3. The predicted octanol–water partition coefficient (Wildman–Crippen LogP) is 3.55. The van der Waals surface area contributed by atoms with Gasteiger partial charge in [0, 0.05) is 18.8 Å². The van der Waals surface area contributed by atoms with Crippen molar-refractivity contribution in [2.75, 3.05) is 7.05 Å². The highest BCUT2D eigenvalue weighted by molar-refractivity contribution is 5.31. The van der Waals surface area contributed by atoms with Gasteiger partial charge in [-0.3, -0.25) is 4.68 Å². The summed E-state index contributed by atoms with van der Waals surface area (Å²) in [5.41, 5.74) is 7.88. The standard InChI is InChI=1S/C18H27N3/c1-12-9-13(2)11-16(10-12)18(19-5)8-7-17-14(3)20-21(6)15(17)4/h9-11,18-19H,7-8H2,1-6H3. The summed E-state index contributed by atoms with van der Waals surface area (Å²) in [7, 11) is 4.07. The summed E-state index contributed by atoms with van der Waals surface area (Å²) in [6.07, 6.45) is 2.15. The average molecular weight is 285 g/mol. The predicted molar refractivity (Wildman–Crippen MR) is 88.7 cm³/mol. The van der Waals surface area contributed by atoms with Gasteiger partial charge >= 0.3 is 0 Å². The maximum absolute atomic E-state index is 4.51. The SMILES string of the molecule is CNC(CCc1c(C)nn(C)c1C)c1cc(C)cc(C)c1. The van der Waals surface area contributed by atoms with Gasteiger partial charge in [0.05, 0.1) is 5.69 Å². The van der Waals surface area contributed by atoms with Crippen molar-refractivity contribution in [3.63, 3.8) is 0 Å². The number of hydrogen-bond acceptors (Lipinski definition) is 2. The molecular weight excluding hydrogens is 258 g/mol. The molecule has 3 nitrogen and oxygen atoms in total. The van der Waals surface area contributed by atoms with Crippen molar-refractivity contribution < 1.29 is 0 Å². The molecule has 2 rings (SSSR count). The Morgan fingerprint density at radius 3 is 2.19 bits per heavy atom. The summed E-state index contributed by atoms with van der Waals surface area (Å²) in [4.78, 5) is 0. The molecule has 0 spiro atoms. The minimum atomic E-state index is 0.391. The van der Waals surface area contributed by atoms with E-state index in [1.54, 1.807) is 0 Å². The summed E-state index contributed by atoms with van der Waals surface area (Å²) in [6, 6.07) is 7.20. The molecule has 0 saturated carbocycles. The van der Waals surface area contributed by atoms with Crippen LogP contribution >= 0.6 is 0 Å². The van der Waals surface area contributed by atoms with Crippen LogP contribution in [0.3, 0.4) is 0 Å². The van der Waals surface area contributed by atoms with E-state index < -0.39 is 0 Å². The lowest BCUT2D eigenvalue weighted by Gasteiger charge is -2.18. The lowest BCUT2D eigenvalue weighted by molar-refractivity contribution is 0.547. The van der Waals surface area contributed by atoms with Gasteiger partial charge in [-0.15, -0.1) is 0 Å². The Morgan fingerprint density at radius 1 is 1.10 bits per heavy atom. The summed E-state index contributed by atoms with van der Waals surface area (Å²) in [5.74, 6) is 0. The van der Waals surface area contributed by atoms with E-state index in [1.165, 1.54) is 27.9 Å². The van der Waals surface area contributed by atoms with Crippen molar-refractivity contribution in [1.29, 1.82) is 0 Å². The van der Waals surface area contributed by atoms with E-state index in [4.69, 9.17) is 0 Å². The van der Waals surface area contributed by atoms with Crippen LogP contribution in [0.1, 0.15) is 46.1 Å². The van der Waals surface area contributed by atoms with Gasteiger partial charge in [0.2, 0.25) is 0 Å². The van der Waals surface area contributed by atoms with Crippen LogP contribution in [0, 0.1) is 27.7 Å². The second-order valence-electron chi connectivity index (χ2n) is 6.07. The van der Waals surface area contributed by atoms with Gasteiger partial charge in [-0.05, 0) is 58.7 Å². The fourth-order valence-corrected chi connectivity index (χ4v) is 3.16. The topological polar surface area (TPSA) is 29.9 Å². The Balaban J connectivity index is 2.16. The highest BCUT2D eigenvalue weighted by Gasteiger charge is 2.14. The van der Waals surface area contributed by atoms with Crippen LogP contribution in [0.4, 0.5) is 0 Å². The lowest BCUT2D eigenvalue weighted by Crippen LogP contribution is -2.17. The van der Waals surface area contributed by atoms with E-state index in [9.17, 15) is 0 Å². The van der Waals surface area contributed by atoms with Gasteiger partial charge in [0.15, 0.2) is 0 Å². The Bertz CT molecular complexity index is 605. The molecule has 1 N–H and O–H groups in total. The van der Waals surface area contributed by atoms with Crippen LogP contribution in [-0.4, -0.2) is 16.8 Å². The number of nitrogens with one attached hydrogen (secondary N) is 1. The van der Waals surface area contributed by atoms with E-state index >= 15 is 0 Å². The maximum atomic E-state index is 4.51. The zero-order valence-corrected chi connectivity index (χ0v) is 14.1. The Kier molecular flexibility index (Phi) is 4.84. The molecule has 0 aliphatic carbocycles. The van der Waals surface area contributed by atoms with Crippen LogP contribution in [0.15, 0.2) is 18.2 Å². The average Bonchev–Trinajstić information content (AvgIpc) is 2.64. The normalized spacial score (nSPS) is 12.7. The Labute approximate surface area is 128 Å². The highest BCUT2D eigenvalue weighted by Crippen LogP contribution is 2.23. The number of hydrogen-bond donors (Lipinski definition) is 1. The van der Waals surface area contributed by atoms with E-state index in [0.717, 1.165) is 18.5 Å². The summed E-state index contributed by atoms with van der Waals surface area (Å²) in [5, 5.41) is 7.97. The zero-order chi connectivity index (χ0) is 15.6. The Morgan fingerprint density at radius 2 is 1.71 bits per heavy atom. The second-order valence-corrected chi connectivity index (χ2v) is 6.07. The van der Waals surface area contributed by atoms with E-state index in [0.29, 0.717) is 6.04 Å². The fraction of sp³-hybridized carbons (Fsp3) is 0.500. The molecule has 1 aromatic carbocycles. The quantitative estimate of drug-likeness (QED) is 0.910. The van der Waals surface area contributed by atoms with Gasteiger partial charge in [-0.25, -0.2) is 0 Å². The number of nitrogens with zero attached hydrogens (tertiary/aromatic N) is 2. The molecule has 0 amide bonds. The van der Waals surface area contributed by atoms with Crippen molar-refractivity contribution in [2.45, 2.75) is 46.6 Å². The minimum Gasteiger partial charge on any atom is -0.313 e. The van der Waals surface area contributed by atoms with E-state index in [1.807, 2.05) is 18.8 Å². The van der Waals surface area contributed by atoms with Crippen molar-refractivity contribution in [2.24, 2.45) is 7.05 Å².